The van der Waals surface area contributed by atoms with E-state index in [1.807, 2.05) is 24.3 Å². The lowest BCUT2D eigenvalue weighted by atomic mass is 10.3. The van der Waals surface area contributed by atoms with Gasteiger partial charge in [0.15, 0.2) is 9.84 Å². The molecule has 16 heavy (non-hydrogen) atoms. The normalized spacial score (nSPS) is 28.1. The zero-order valence-electron chi connectivity index (χ0n) is 8.34. The first kappa shape index (κ1) is 12.4. The Bertz CT molecular complexity index is 469. The van der Waals surface area contributed by atoms with Gasteiger partial charge >= 0.3 is 0 Å². The quantitative estimate of drug-likeness (QED) is 0.900. The third-order valence-electron chi connectivity index (χ3n) is 2.37. The molecule has 2 rings (SSSR count). The molecule has 0 amide bonds. The summed E-state index contributed by atoms with van der Waals surface area (Å²) in [5.74, 6) is -0.0455. The number of hydrogen-bond acceptors (Lipinski definition) is 4. The summed E-state index contributed by atoms with van der Waals surface area (Å²) < 4.78 is 23.6. The number of thioether (sulfide) groups is 1. The number of halogens is 1. The first-order valence-electron chi connectivity index (χ1n) is 4.77. The Morgan fingerprint density at radius 3 is 2.38 bits per heavy atom. The number of hydrogen-bond donors (Lipinski definition) is 1. The maximum absolute atomic E-state index is 11.3. The fourth-order valence-corrected chi connectivity index (χ4v) is 5.39. The molecule has 0 radical (unpaired) electrons. The van der Waals surface area contributed by atoms with Gasteiger partial charge in [-0.05, 0) is 24.3 Å². The predicted molar refractivity (Wildman–Crippen MR) is 68.4 cm³/mol. The topological polar surface area (TPSA) is 54.4 Å². The van der Waals surface area contributed by atoms with E-state index >= 15 is 0 Å². The minimum absolute atomic E-state index is 0.0644. The zero-order valence-corrected chi connectivity index (χ0v) is 11.6. The Labute approximate surface area is 107 Å². The standard InChI is InChI=1S/C10H11BrO3S2/c11-7-1-3-8(4-2-7)15-10-6-16(13,14)5-9(10)12/h1-4,9-10,12H,5-6H2/t9-,10-/m1/s1. The first-order chi connectivity index (χ1) is 7.46. The Morgan fingerprint density at radius 2 is 1.88 bits per heavy atom. The van der Waals surface area contributed by atoms with E-state index in [-0.39, 0.29) is 16.8 Å². The zero-order chi connectivity index (χ0) is 11.8. The van der Waals surface area contributed by atoms with E-state index in [1.165, 1.54) is 11.8 Å². The Balaban J connectivity index is 2.08. The highest BCUT2D eigenvalue weighted by Crippen LogP contribution is 2.31. The molecule has 1 saturated heterocycles. The third-order valence-corrected chi connectivity index (χ3v) is 6.16. The first-order valence-corrected chi connectivity index (χ1v) is 8.26. The van der Waals surface area contributed by atoms with Gasteiger partial charge in [-0.1, -0.05) is 15.9 Å². The molecule has 3 nitrogen and oxygen atoms in total. The van der Waals surface area contributed by atoms with Crippen molar-refractivity contribution >= 4 is 37.5 Å². The van der Waals surface area contributed by atoms with E-state index in [9.17, 15) is 13.5 Å². The number of rotatable bonds is 2. The lowest BCUT2D eigenvalue weighted by molar-refractivity contribution is 0.207. The van der Waals surface area contributed by atoms with Crippen LogP contribution in [0.5, 0.6) is 0 Å². The van der Waals surface area contributed by atoms with E-state index in [2.05, 4.69) is 15.9 Å². The second-order valence-corrected chi connectivity index (χ2v) is 8.14. The van der Waals surface area contributed by atoms with Crippen LogP contribution in [0.15, 0.2) is 33.6 Å². The van der Waals surface area contributed by atoms with Crippen molar-refractivity contribution in [3.8, 4) is 0 Å². The number of sulfone groups is 1. The molecule has 0 spiro atoms. The van der Waals surface area contributed by atoms with Crippen molar-refractivity contribution in [2.24, 2.45) is 0 Å². The third kappa shape index (κ3) is 3.00. The summed E-state index contributed by atoms with van der Waals surface area (Å²) in [5.41, 5.74) is 0. The predicted octanol–water partition coefficient (Wildman–Crippen LogP) is 1.70. The summed E-state index contributed by atoms with van der Waals surface area (Å²) in [6.45, 7) is 0. The van der Waals surface area contributed by atoms with Crippen LogP contribution in [0.25, 0.3) is 0 Å². The lowest BCUT2D eigenvalue weighted by Crippen LogP contribution is -2.19. The number of aliphatic hydroxyl groups excluding tert-OH is 1. The van der Waals surface area contributed by atoms with Crippen molar-refractivity contribution in [3.63, 3.8) is 0 Å². The minimum atomic E-state index is -3.05. The molecular weight excluding hydrogens is 312 g/mol. The highest BCUT2D eigenvalue weighted by atomic mass is 79.9. The van der Waals surface area contributed by atoms with Crippen LogP contribution >= 0.6 is 27.7 Å². The fourth-order valence-electron chi connectivity index (χ4n) is 1.60. The molecule has 0 saturated carbocycles. The molecule has 0 unspecified atom stereocenters. The molecule has 1 aromatic rings. The lowest BCUT2D eigenvalue weighted by Gasteiger charge is -2.11. The van der Waals surface area contributed by atoms with Crippen LogP contribution < -0.4 is 0 Å². The molecule has 0 aliphatic carbocycles. The highest BCUT2D eigenvalue weighted by molar-refractivity contribution is 9.10. The average molecular weight is 323 g/mol. The summed E-state index contributed by atoms with van der Waals surface area (Å²) in [4.78, 5) is 0.976. The van der Waals surface area contributed by atoms with Crippen molar-refractivity contribution in [3.05, 3.63) is 28.7 Å². The molecule has 0 bridgehead atoms. The Kier molecular flexibility index (Phi) is 3.63. The van der Waals surface area contributed by atoms with E-state index in [1.54, 1.807) is 0 Å². The molecule has 6 heteroatoms. The van der Waals surface area contributed by atoms with Crippen LogP contribution in [0.3, 0.4) is 0 Å². The van der Waals surface area contributed by atoms with Crippen LogP contribution in [-0.4, -0.2) is 36.4 Å². The largest absolute Gasteiger partial charge is 0.391 e. The van der Waals surface area contributed by atoms with Crippen LogP contribution in [0.4, 0.5) is 0 Å². The maximum atomic E-state index is 11.3. The Hall–Kier alpha value is -0.0400. The van der Waals surface area contributed by atoms with Gasteiger partial charge in [0.05, 0.1) is 22.9 Å². The van der Waals surface area contributed by atoms with Gasteiger partial charge in [-0.15, -0.1) is 11.8 Å². The fraction of sp³-hybridized carbons (Fsp3) is 0.400. The van der Waals surface area contributed by atoms with Gasteiger partial charge in [-0.25, -0.2) is 8.42 Å². The van der Waals surface area contributed by atoms with E-state index < -0.39 is 15.9 Å². The van der Waals surface area contributed by atoms with Crippen molar-refractivity contribution < 1.29 is 13.5 Å². The van der Waals surface area contributed by atoms with Crippen molar-refractivity contribution in [2.45, 2.75) is 16.2 Å². The maximum Gasteiger partial charge on any atom is 0.154 e. The molecule has 1 aliphatic rings. The second-order valence-electron chi connectivity index (χ2n) is 3.75. The van der Waals surface area contributed by atoms with E-state index in [4.69, 9.17) is 0 Å². The van der Waals surface area contributed by atoms with Gasteiger partial charge in [0, 0.05) is 9.37 Å². The highest BCUT2D eigenvalue weighted by Gasteiger charge is 2.36. The molecule has 1 heterocycles. The molecule has 1 aromatic carbocycles. The van der Waals surface area contributed by atoms with E-state index in [0.29, 0.717) is 0 Å². The van der Waals surface area contributed by atoms with Crippen LogP contribution in [0.2, 0.25) is 0 Å². The molecule has 2 atom stereocenters. The molecular formula is C10H11BrO3S2. The van der Waals surface area contributed by atoms with Gasteiger partial charge in [0.2, 0.25) is 0 Å². The van der Waals surface area contributed by atoms with Crippen molar-refractivity contribution in [2.75, 3.05) is 11.5 Å². The summed E-state index contributed by atoms with van der Waals surface area (Å²) >= 11 is 4.75. The Morgan fingerprint density at radius 1 is 1.25 bits per heavy atom. The smallest absolute Gasteiger partial charge is 0.154 e. The minimum Gasteiger partial charge on any atom is -0.391 e. The molecule has 88 valence electrons. The summed E-state index contributed by atoms with van der Waals surface area (Å²) in [7, 11) is -3.05. The molecule has 1 aliphatic heterocycles. The van der Waals surface area contributed by atoms with E-state index in [0.717, 1.165) is 9.37 Å². The van der Waals surface area contributed by atoms with Gasteiger partial charge in [-0.2, -0.15) is 0 Å². The molecule has 1 fully saturated rings. The summed E-state index contributed by atoms with van der Waals surface area (Å²) in [6, 6.07) is 7.62. The monoisotopic (exact) mass is 322 g/mol. The average Bonchev–Trinajstić information content (AvgIpc) is 2.44. The van der Waals surface area contributed by atoms with Gasteiger partial charge in [-0.3, -0.25) is 0 Å². The number of aliphatic hydroxyl groups is 1. The summed E-state index contributed by atoms with van der Waals surface area (Å²) in [5, 5.41) is 9.39. The van der Waals surface area contributed by atoms with Crippen molar-refractivity contribution in [1.29, 1.82) is 0 Å². The second kappa shape index (κ2) is 4.68. The number of benzene rings is 1. The van der Waals surface area contributed by atoms with Gasteiger partial charge < -0.3 is 5.11 Å². The SMILES string of the molecule is O=S1(=O)C[C@@H](O)[C@H](Sc2ccc(Br)cc2)C1. The van der Waals surface area contributed by atoms with Crippen LogP contribution in [0.1, 0.15) is 0 Å². The van der Waals surface area contributed by atoms with Crippen LogP contribution in [0, 0.1) is 0 Å². The summed E-state index contributed by atoms with van der Waals surface area (Å²) in [6.07, 6.45) is -0.751. The van der Waals surface area contributed by atoms with Gasteiger partial charge in [0.1, 0.15) is 0 Å². The van der Waals surface area contributed by atoms with Crippen molar-refractivity contribution in [1.82, 2.24) is 0 Å². The molecule has 1 N–H and O–H groups in total. The van der Waals surface area contributed by atoms with Crippen LogP contribution in [-0.2, 0) is 9.84 Å². The molecule has 0 aromatic heterocycles. The van der Waals surface area contributed by atoms with Gasteiger partial charge in [0.25, 0.3) is 0 Å².